The molecule has 2 aromatic rings. The van der Waals surface area contributed by atoms with Crippen LogP contribution in [0.2, 0.25) is 0 Å². The lowest BCUT2D eigenvalue weighted by atomic mass is 10.2. The number of urea groups is 1. The van der Waals surface area contributed by atoms with Crippen LogP contribution in [0.25, 0.3) is 0 Å². The molecule has 0 heterocycles. The summed E-state index contributed by atoms with van der Waals surface area (Å²) in [5.74, 6) is -0.370. The smallest absolute Gasteiger partial charge is 0.333 e. The predicted octanol–water partition coefficient (Wildman–Crippen LogP) is 3.16. The van der Waals surface area contributed by atoms with Crippen molar-refractivity contribution in [2.24, 2.45) is 0 Å². The topological polar surface area (TPSA) is 75.4 Å². The zero-order chi connectivity index (χ0) is 15.4. The molecule has 0 bridgehead atoms. The second kappa shape index (κ2) is 6.09. The van der Waals surface area contributed by atoms with Crippen LogP contribution in [0, 0.1) is 6.92 Å². The Morgan fingerprint density at radius 1 is 1.10 bits per heavy atom. The molecule has 0 spiro atoms. The number of aryl methyl sites for hydroxylation is 1. The van der Waals surface area contributed by atoms with Gasteiger partial charge in [0.25, 0.3) is 0 Å². The minimum atomic E-state index is -0.502. The Bertz CT molecular complexity index is 665. The van der Waals surface area contributed by atoms with E-state index in [-0.39, 0.29) is 5.91 Å². The summed E-state index contributed by atoms with van der Waals surface area (Å²) in [7, 11) is 0. The van der Waals surface area contributed by atoms with E-state index in [4.69, 9.17) is 5.73 Å². The van der Waals surface area contributed by atoms with Gasteiger partial charge in [0.2, 0.25) is 5.91 Å². The quantitative estimate of drug-likeness (QED) is 0.831. The molecule has 0 saturated carbocycles. The van der Waals surface area contributed by atoms with Crippen molar-refractivity contribution >= 4 is 29.0 Å². The van der Waals surface area contributed by atoms with Crippen molar-refractivity contribution in [1.82, 2.24) is 0 Å². The number of rotatable bonds is 2. The third kappa shape index (κ3) is 3.60. The van der Waals surface area contributed by atoms with Crippen molar-refractivity contribution < 1.29 is 9.59 Å². The highest BCUT2D eigenvalue weighted by Gasteiger charge is 2.20. The fraction of sp³-hybridized carbons (Fsp3) is 0.125. The first kappa shape index (κ1) is 14.6. The number of carbonyl (C=O) groups excluding carboxylic acids is 2. The normalized spacial score (nSPS) is 10.0. The standard InChI is InChI=1S/C16H17N3O2/c1-11-4-3-5-14(10-11)18-16(21)19(12(2)20)15-8-6-13(17)7-9-15/h3-10H,17H2,1-2H3,(H,18,21). The molecule has 0 aliphatic carbocycles. The van der Waals surface area contributed by atoms with E-state index in [1.165, 1.54) is 6.92 Å². The van der Waals surface area contributed by atoms with E-state index in [1.54, 1.807) is 30.3 Å². The van der Waals surface area contributed by atoms with Crippen LogP contribution < -0.4 is 16.0 Å². The fourth-order valence-electron chi connectivity index (χ4n) is 1.97. The Hall–Kier alpha value is -2.82. The number of hydrogen-bond acceptors (Lipinski definition) is 3. The van der Waals surface area contributed by atoms with Gasteiger partial charge in [0.05, 0.1) is 5.69 Å². The summed E-state index contributed by atoms with van der Waals surface area (Å²) < 4.78 is 0. The fourth-order valence-corrected chi connectivity index (χ4v) is 1.97. The van der Waals surface area contributed by atoms with Crippen LogP contribution in [0.5, 0.6) is 0 Å². The number of nitrogens with two attached hydrogens (primary N) is 1. The van der Waals surface area contributed by atoms with E-state index >= 15 is 0 Å². The van der Waals surface area contributed by atoms with Gasteiger partial charge in [-0.3, -0.25) is 4.79 Å². The molecule has 108 valence electrons. The Balaban J connectivity index is 2.24. The van der Waals surface area contributed by atoms with Crippen LogP contribution >= 0.6 is 0 Å². The molecule has 5 heteroatoms. The number of nitrogens with zero attached hydrogens (tertiary/aromatic N) is 1. The molecule has 0 atom stereocenters. The number of anilines is 3. The monoisotopic (exact) mass is 283 g/mol. The average Bonchev–Trinajstić information content (AvgIpc) is 2.41. The molecule has 0 aliphatic heterocycles. The van der Waals surface area contributed by atoms with Gasteiger partial charge in [0.1, 0.15) is 0 Å². The maximum absolute atomic E-state index is 12.3. The van der Waals surface area contributed by atoms with E-state index in [2.05, 4.69) is 5.32 Å². The van der Waals surface area contributed by atoms with E-state index in [1.807, 2.05) is 25.1 Å². The van der Waals surface area contributed by atoms with Gasteiger partial charge >= 0.3 is 6.03 Å². The van der Waals surface area contributed by atoms with Gasteiger partial charge < -0.3 is 11.1 Å². The summed E-state index contributed by atoms with van der Waals surface area (Å²) in [6.45, 7) is 3.27. The first-order chi connectivity index (χ1) is 9.97. The Kier molecular flexibility index (Phi) is 4.23. The number of nitrogens with one attached hydrogen (secondary N) is 1. The number of nitrogen functional groups attached to an aromatic ring is 1. The molecule has 0 aliphatic rings. The number of carbonyl (C=O) groups is 2. The number of amides is 3. The molecule has 0 aromatic heterocycles. The van der Waals surface area contributed by atoms with Crippen LogP contribution in [0.4, 0.5) is 21.9 Å². The summed E-state index contributed by atoms with van der Waals surface area (Å²) in [6, 6.07) is 13.4. The zero-order valence-electron chi connectivity index (χ0n) is 12.0. The van der Waals surface area contributed by atoms with Gasteiger partial charge in [-0.1, -0.05) is 12.1 Å². The van der Waals surface area contributed by atoms with Crippen LogP contribution in [-0.4, -0.2) is 11.9 Å². The third-order valence-corrected chi connectivity index (χ3v) is 2.94. The lowest BCUT2D eigenvalue weighted by molar-refractivity contribution is -0.115. The molecular formula is C16H17N3O2. The molecule has 0 radical (unpaired) electrons. The van der Waals surface area contributed by atoms with Crippen LogP contribution in [0.15, 0.2) is 48.5 Å². The van der Waals surface area contributed by atoms with Crippen molar-refractivity contribution in [3.63, 3.8) is 0 Å². The number of imide groups is 1. The SMILES string of the molecule is CC(=O)N(C(=O)Nc1cccc(C)c1)c1ccc(N)cc1. The highest BCUT2D eigenvalue weighted by molar-refractivity contribution is 6.17. The van der Waals surface area contributed by atoms with Crippen LogP contribution in [0.3, 0.4) is 0 Å². The lowest BCUT2D eigenvalue weighted by Gasteiger charge is -2.20. The molecule has 3 N–H and O–H groups in total. The predicted molar refractivity (Wildman–Crippen MR) is 84.2 cm³/mol. The second-order valence-electron chi connectivity index (χ2n) is 4.75. The molecule has 5 nitrogen and oxygen atoms in total. The highest BCUT2D eigenvalue weighted by Crippen LogP contribution is 2.18. The van der Waals surface area contributed by atoms with E-state index < -0.39 is 6.03 Å². The lowest BCUT2D eigenvalue weighted by Crippen LogP contribution is -2.38. The highest BCUT2D eigenvalue weighted by atomic mass is 16.2. The molecular weight excluding hydrogens is 266 g/mol. The molecule has 0 fully saturated rings. The molecule has 3 amide bonds. The molecule has 2 aromatic carbocycles. The second-order valence-corrected chi connectivity index (χ2v) is 4.75. The van der Waals surface area contributed by atoms with E-state index in [0.29, 0.717) is 17.1 Å². The number of benzene rings is 2. The summed E-state index contributed by atoms with van der Waals surface area (Å²) in [5.41, 5.74) is 8.32. The zero-order valence-corrected chi connectivity index (χ0v) is 12.0. The average molecular weight is 283 g/mol. The molecule has 21 heavy (non-hydrogen) atoms. The summed E-state index contributed by atoms with van der Waals surface area (Å²) in [5, 5.41) is 2.71. The van der Waals surface area contributed by atoms with Crippen LogP contribution in [-0.2, 0) is 4.79 Å². The molecule has 0 saturated heterocycles. The van der Waals surface area contributed by atoms with Crippen molar-refractivity contribution in [3.8, 4) is 0 Å². The van der Waals surface area contributed by atoms with E-state index in [9.17, 15) is 9.59 Å². The first-order valence-electron chi connectivity index (χ1n) is 6.51. The minimum Gasteiger partial charge on any atom is -0.399 e. The molecule has 0 unspecified atom stereocenters. The van der Waals surface area contributed by atoms with Gasteiger partial charge in [-0.15, -0.1) is 0 Å². The van der Waals surface area contributed by atoms with Crippen molar-refractivity contribution in [1.29, 1.82) is 0 Å². The number of hydrogen-bond donors (Lipinski definition) is 2. The largest absolute Gasteiger partial charge is 0.399 e. The van der Waals surface area contributed by atoms with Gasteiger partial charge in [0, 0.05) is 18.3 Å². The van der Waals surface area contributed by atoms with Crippen LogP contribution in [0.1, 0.15) is 12.5 Å². The van der Waals surface area contributed by atoms with Gasteiger partial charge in [0.15, 0.2) is 0 Å². The summed E-state index contributed by atoms with van der Waals surface area (Å²) >= 11 is 0. The summed E-state index contributed by atoms with van der Waals surface area (Å²) in [6.07, 6.45) is 0. The van der Waals surface area contributed by atoms with Gasteiger partial charge in [-0.25, -0.2) is 9.69 Å². The Morgan fingerprint density at radius 3 is 2.33 bits per heavy atom. The maximum Gasteiger partial charge on any atom is 0.333 e. The maximum atomic E-state index is 12.3. The van der Waals surface area contributed by atoms with Gasteiger partial charge in [-0.2, -0.15) is 0 Å². The third-order valence-electron chi connectivity index (χ3n) is 2.94. The molecule has 2 rings (SSSR count). The van der Waals surface area contributed by atoms with Crippen molar-refractivity contribution in [2.45, 2.75) is 13.8 Å². The van der Waals surface area contributed by atoms with Crippen molar-refractivity contribution in [3.05, 3.63) is 54.1 Å². The van der Waals surface area contributed by atoms with Gasteiger partial charge in [-0.05, 0) is 48.9 Å². The first-order valence-corrected chi connectivity index (χ1v) is 6.51. The van der Waals surface area contributed by atoms with E-state index in [0.717, 1.165) is 10.5 Å². The minimum absolute atomic E-state index is 0.370. The Morgan fingerprint density at radius 2 is 1.76 bits per heavy atom. The Labute approximate surface area is 123 Å². The summed E-state index contributed by atoms with van der Waals surface area (Å²) in [4.78, 5) is 25.1. The van der Waals surface area contributed by atoms with Crippen molar-refractivity contribution in [2.75, 3.05) is 16.0 Å².